The van der Waals surface area contributed by atoms with Gasteiger partial charge in [-0.1, -0.05) is 20.8 Å². The summed E-state index contributed by atoms with van der Waals surface area (Å²) >= 11 is 0. The van der Waals surface area contributed by atoms with Gasteiger partial charge in [0, 0.05) is 39.1 Å². The van der Waals surface area contributed by atoms with E-state index in [2.05, 4.69) is 31.1 Å². The molecule has 0 saturated heterocycles. The van der Waals surface area contributed by atoms with Gasteiger partial charge in [0.1, 0.15) is 0 Å². The normalized spacial score (nSPS) is 10.7. The third kappa shape index (κ3) is 5.71. The van der Waals surface area contributed by atoms with Crippen LogP contribution in [0.5, 0.6) is 0 Å². The molecule has 0 aliphatic rings. The Labute approximate surface area is 127 Å². The molecule has 0 radical (unpaired) electrons. The number of hydrogen-bond donors (Lipinski definition) is 1. The first-order valence-electron chi connectivity index (χ1n) is 7.56. The Morgan fingerprint density at radius 1 is 1.48 bits per heavy atom. The predicted octanol–water partition coefficient (Wildman–Crippen LogP) is 2.65. The largest absolute Gasteiger partial charge is 0.384 e. The van der Waals surface area contributed by atoms with Gasteiger partial charge in [-0.3, -0.25) is 9.78 Å². The van der Waals surface area contributed by atoms with Crippen LogP contribution in [0, 0.1) is 5.92 Å². The summed E-state index contributed by atoms with van der Waals surface area (Å²) in [5.41, 5.74) is 1.48. The van der Waals surface area contributed by atoms with Crippen molar-refractivity contribution in [3.63, 3.8) is 0 Å². The molecule has 0 atom stereocenters. The summed E-state index contributed by atoms with van der Waals surface area (Å²) < 4.78 is 5.11. The van der Waals surface area contributed by atoms with Gasteiger partial charge in [-0.15, -0.1) is 0 Å². The average Bonchev–Trinajstić information content (AvgIpc) is 2.48. The van der Waals surface area contributed by atoms with Crippen molar-refractivity contribution in [1.82, 2.24) is 9.88 Å². The number of anilines is 1. The SMILES string of the molecule is CCCNc1ccncc1C(=O)N(CCOC)CC(C)C. The van der Waals surface area contributed by atoms with E-state index in [1.807, 2.05) is 11.0 Å². The third-order valence-electron chi connectivity index (χ3n) is 3.06. The molecule has 0 fully saturated rings. The third-order valence-corrected chi connectivity index (χ3v) is 3.06. The maximum absolute atomic E-state index is 12.8. The quantitative estimate of drug-likeness (QED) is 0.760. The number of pyridine rings is 1. The lowest BCUT2D eigenvalue weighted by molar-refractivity contribution is 0.0673. The van der Waals surface area contributed by atoms with E-state index in [1.54, 1.807) is 19.5 Å². The molecule has 5 heteroatoms. The predicted molar refractivity (Wildman–Crippen MR) is 85.6 cm³/mol. The summed E-state index contributed by atoms with van der Waals surface area (Å²) in [6.07, 6.45) is 4.35. The zero-order valence-corrected chi connectivity index (χ0v) is 13.6. The van der Waals surface area contributed by atoms with E-state index in [1.165, 1.54) is 0 Å². The molecule has 1 aromatic rings. The molecule has 0 saturated carbocycles. The van der Waals surface area contributed by atoms with E-state index in [0.717, 1.165) is 18.7 Å². The van der Waals surface area contributed by atoms with Crippen LogP contribution in [-0.2, 0) is 4.74 Å². The van der Waals surface area contributed by atoms with Crippen LogP contribution in [0.25, 0.3) is 0 Å². The van der Waals surface area contributed by atoms with Gasteiger partial charge >= 0.3 is 0 Å². The molecule has 0 aliphatic carbocycles. The standard InChI is InChI=1S/C16H27N3O2/c1-5-7-18-15-6-8-17-11-14(15)16(20)19(9-10-21-4)12-13(2)3/h6,8,11,13H,5,7,9-10,12H2,1-4H3,(H,17,18). The molecule has 0 aliphatic heterocycles. The number of methoxy groups -OCH3 is 1. The van der Waals surface area contributed by atoms with Gasteiger partial charge in [-0.05, 0) is 18.4 Å². The maximum atomic E-state index is 12.8. The van der Waals surface area contributed by atoms with Crippen molar-refractivity contribution in [3.8, 4) is 0 Å². The number of amides is 1. The Balaban J connectivity index is 2.91. The monoisotopic (exact) mass is 293 g/mol. The molecule has 21 heavy (non-hydrogen) atoms. The van der Waals surface area contributed by atoms with E-state index in [-0.39, 0.29) is 5.91 Å². The van der Waals surface area contributed by atoms with Crippen molar-refractivity contribution in [1.29, 1.82) is 0 Å². The van der Waals surface area contributed by atoms with Gasteiger partial charge in [-0.25, -0.2) is 0 Å². The summed E-state index contributed by atoms with van der Waals surface area (Å²) in [7, 11) is 1.65. The Kier molecular flexibility index (Phi) is 7.75. The van der Waals surface area contributed by atoms with Crippen LogP contribution in [0.1, 0.15) is 37.6 Å². The number of carbonyl (C=O) groups is 1. The second-order valence-electron chi connectivity index (χ2n) is 5.49. The summed E-state index contributed by atoms with van der Waals surface area (Å²) in [6.45, 7) is 8.99. The molecule has 1 heterocycles. The van der Waals surface area contributed by atoms with Crippen LogP contribution in [0.2, 0.25) is 0 Å². The first kappa shape index (κ1) is 17.4. The maximum Gasteiger partial charge on any atom is 0.257 e. The van der Waals surface area contributed by atoms with Gasteiger partial charge in [0.05, 0.1) is 17.9 Å². The van der Waals surface area contributed by atoms with Crippen LogP contribution in [0.3, 0.4) is 0 Å². The lowest BCUT2D eigenvalue weighted by atomic mass is 10.1. The lowest BCUT2D eigenvalue weighted by Gasteiger charge is -2.25. The van der Waals surface area contributed by atoms with Crippen LogP contribution < -0.4 is 5.32 Å². The van der Waals surface area contributed by atoms with Crippen molar-refractivity contribution >= 4 is 11.6 Å². The highest BCUT2D eigenvalue weighted by molar-refractivity contribution is 5.99. The summed E-state index contributed by atoms with van der Waals surface area (Å²) in [5, 5.41) is 3.29. The first-order chi connectivity index (χ1) is 10.1. The Bertz CT molecular complexity index is 435. The highest BCUT2D eigenvalue weighted by Gasteiger charge is 2.19. The molecule has 1 aromatic heterocycles. The fourth-order valence-corrected chi connectivity index (χ4v) is 2.07. The van der Waals surface area contributed by atoms with E-state index in [0.29, 0.717) is 31.2 Å². The van der Waals surface area contributed by atoms with Gasteiger partial charge < -0.3 is 15.0 Å². The van der Waals surface area contributed by atoms with Gasteiger partial charge in [-0.2, -0.15) is 0 Å². The van der Waals surface area contributed by atoms with E-state index >= 15 is 0 Å². The summed E-state index contributed by atoms with van der Waals surface area (Å²) in [6, 6.07) is 1.85. The number of carbonyl (C=O) groups excluding carboxylic acids is 1. The van der Waals surface area contributed by atoms with Gasteiger partial charge in [0.2, 0.25) is 0 Å². The highest BCUT2D eigenvalue weighted by Crippen LogP contribution is 2.17. The molecular formula is C16H27N3O2. The molecule has 1 N–H and O–H groups in total. The van der Waals surface area contributed by atoms with Crippen LogP contribution in [0.4, 0.5) is 5.69 Å². The highest BCUT2D eigenvalue weighted by atomic mass is 16.5. The van der Waals surface area contributed by atoms with E-state index in [4.69, 9.17) is 4.74 Å². The van der Waals surface area contributed by atoms with Crippen molar-refractivity contribution in [2.75, 3.05) is 38.7 Å². The van der Waals surface area contributed by atoms with Crippen molar-refractivity contribution in [2.24, 2.45) is 5.92 Å². The number of hydrogen-bond acceptors (Lipinski definition) is 4. The topological polar surface area (TPSA) is 54.5 Å². The number of ether oxygens (including phenoxy) is 1. The smallest absolute Gasteiger partial charge is 0.257 e. The van der Waals surface area contributed by atoms with Crippen LogP contribution >= 0.6 is 0 Å². The number of nitrogens with zero attached hydrogens (tertiary/aromatic N) is 2. The van der Waals surface area contributed by atoms with Crippen molar-refractivity contribution in [3.05, 3.63) is 24.0 Å². The average molecular weight is 293 g/mol. The van der Waals surface area contributed by atoms with Crippen molar-refractivity contribution in [2.45, 2.75) is 27.2 Å². The molecule has 0 aromatic carbocycles. The second kappa shape index (κ2) is 9.34. The minimum Gasteiger partial charge on any atom is -0.384 e. The fourth-order valence-electron chi connectivity index (χ4n) is 2.07. The Morgan fingerprint density at radius 3 is 2.86 bits per heavy atom. The second-order valence-corrected chi connectivity index (χ2v) is 5.49. The number of rotatable bonds is 9. The molecule has 0 spiro atoms. The number of aromatic nitrogens is 1. The van der Waals surface area contributed by atoms with E-state index in [9.17, 15) is 4.79 Å². The minimum absolute atomic E-state index is 0.00690. The molecule has 0 bridgehead atoms. The Hall–Kier alpha value is -1.62. The Morgan fingerprint density at radius 2 is 2.24 bits per heavy atom. The number of nitrogens with one attached hydrogen (secondary N) is 1. The lowest BCUT2D eigenvalue weighted by Crippen LogP contribution is -2.37. The zero-order chi connectivity index (χ0) is 15.7. The van der Waals surface area contributed by atoms with E-state index < -0.39 is 0 Å². The van der Waals surface area contributed by atoms with Gasteiger partial charge in [0.15, 0.2) is 0 Å². The minimum atomic E-state index is 0.00690. The zero-order valence-electron chi connectivity index (χ0n) is 13.6. The fraction of sp³-hybridized carbons (Fsp3) is 0.625. The molecule has 0 unspecified atom stereocenters. The van der Waals surface area contributed by atoms with Crippen LogP contribution in [-0.4, -0.2) is 49.1 Å². The summed E-state index contributed by atoms with van der Waals surface area (Å²) in [5.74, 6) is 0.419. The van der Waals surface area contributed by atoms with Crippen molar-refractivity contribution < 1.29 is 9.53 Å². The van der Waals surface area contributed by atoms with Crippen LogP contribution in [0.15, 0.2) is 18.5 Å². The molecule has 5 nitrogen and oxygen atoms in total. The molecule has 1 rings (SSSR count). The first-order valence-corrected chi connectivity index (χ1v) is 7.56. The molecule has 1 amide bonds. The summed E-state index contributed by atoms with van der Waals surface area (Å²) in [4.78, 5) is 18.7. The van der Waals surface area contributed by atoms with Gasteiger partial charge in [0.25, 0.3) is 5.91 Å². The molecule has 118 valence electrons. The molecular weight excluding hydrogens is 266 g/mol.